The minimum atomic E-state index is -3.77. The zero-order valence-electron chi connectivity index (χ0n) is 17.1. The first kappa shape index (κ1) is 21.3. The van der Waals surface area contributed by atoms with Crippen molar-refractivity contribution in [2.75, 3.05) is 37.6 Å². The van der Waals surface area contributed by atoms with Gasteiger partial charge in [-0.25, -0.2) is 4.39 Å². The summed E-state index contributed by atoms with van der Waals surface area (Å²) in [5.74, 6) is -0.321. The molecule has 2 N–H and O–H groups in total. The van der Waals surface area contributed by atoms with Gasteiger partial charge in [0.05, 0.1) is 49.0 Å². The van der Waals surface area contributed by atoms with Crippen LogP contribution < -0.4 is 14.6 Å². The fourth-order valence-corrected chi connectivity index (χ4v) is 4.23. The van der Waals surface area contributed by atoms with E-state index in [0.29, 0.717) is 17.0 Å². The van der Waals surface area contributed by atoms with Gasteiger partial charge in [0.25, 0.3) is 10.0 Å². The SMILES string of the molecule is CC[NH+]1CCN(c2ccc(/C(C)=N\NS(=O)(=O)c3ccc(C)cc3)cc2F)CC1. The molecule has 0 bridgehead atoms. The van der Waals surface area contributed by atoms with Crippen LogP contribution in [0.15, 0.2) is 52.5 Å². The molecule has 2 aromatic carbocycles. The highest BCUT2D eigenvalue weighted by Gasteiger charge is 2.21. The maximum absolute atomic E-state index is 14.7. The van der Waals surface area contributed by atoms with Gasteiger partial charge in [0, 0.05) is 5.56 Å². The maximum atomic E-state index is 14.7. The van der Waals surface area contributed by atoms with Gasteiger partial charge in [-0.15, -0.1) is 0 Å². The molecule has 1 fully saturated rings. The summed E-state index contributed by atoms with van der Waals surface area (Å²) in [6.07, 6.45) is 0. The van der Waals surface area contributed by atoms with E-state index in [9.17, 15) is 12.8 Å². The van der Waals surface area contributed by atoms with Gasteiger partial charge in [-0.1, -0.05) is 23.8 Å². The topological polar surface area (TPSA) is 66.2 Å². The molecule has 2 aromatic rings. The van der Waals surface area contributed by atoms with Crippen molar-refractivity contribution in [3.05, 3.63) is 59.4 Å². The van der Waals surface area contributed by atoms with Gasteiger partial charge in [0.2, 0.25) is 0 Å². The molecular formula is C21H28FN4O2S+. The third kappa shape index (κ3) is 5.13. The molecule has 1 saturated heterocycles. The molecule has 1 heterocycles. The Morgan fingerprint density at radius 1 is 1.17 bits per heavy atom. The molecule has 0 spiro atoms. The zero-order chi connectivity index (χ0) is 21.0. The lowest BCUT2D eigenvalue weighted by molar-refractivity contribution is -0.898. The van der Waals surface area contributed by atoms with Crippen LogP contribution in [0, 0.1) is 12.7 Å². The Morgan fingerprint density at radius 3 is 2.41 bits per heavy atom. The summed E-state index contributed by atoms with van der Waals surface area (Å²) in [6, 6.07) is 11.4. The minimum Gasteiger partial charge on any atom is -0.358 e. The molecular weight excluding hydrogens is 391 g/mol. The van der Waals surface area contributed by atoms with E-state index in [4.69, 9.17) is 0 Å². The first-order chi connectivity index (χ1) is 13.8. The van der Waals surface area contributed by atoms with Crippen molar-refractivity contribution < 1.29 is 17.7 Å². The molecule has 0 aromatic heterocycles. The van der Waals surface area contributed by atoms with E-state index in [2.05, 4.69) is 21.8 Å². The Hall–Kier alpha value is -2.45. The van der Waals surface area contributed by atoms with Crippen molar-refractivity contribution in [2.45, 2.75) is 25.7 Å². The summed E-state index contributed by atoms with van der Waals surface area (Å²) in [4.78, 5) is 5.95. The summed E-state index contributed by atoms with van der Waals surface area (Å²) in [7, 11) is -3.77. The van der Waals surface area contributed by atoms with E-state index >= 15 is 0 Å². The Kier molecular flexibility index (Phi) is 6.54. The number of aryl methyl sites for hydroxylation is 1. The van der Waals surface area contributed by atoms with Crippen molar-refractivity contribution in [3.8, 4) is 0 Å². The molecule has 0 unspecified atom stereocenters. The highest BCUT2D eigenvalue weighted by molar-refractivity contribution is 7.89. The number of hydrogen-bond donors (Lipinski definition) is 2. The van der Waals surface area contributed by atoms with Crippen molar-refractivity contribution in [3.63, 3.8) is 0 Å². The average Bonchev–Trinajstić information content (AvgIpc) is 2.72. The normalized spacial score (nSPS) is 16.1. The Labute approximate surface area is 172 Å². The van der Waals surface area contributed by atoms with Crippen LogP contribution in [0.5, 0.6) is 0 Å². The van der Waals surface area contributed by atoms with Crippen LogP contribution in [0.2, 0.25) is 0 Å². The van der Waals surface area contributed by atoms with E-state index in [1.165, 1.54) is 23.1 Å². The molecule has 0 atom stereocenters. The number of piperazine rings is 1. The largest absolute Gasteiger partial charge is 0.358 e. The monoisotopic (exact) mass is 419 g/mol. The minimum absolute atomic E-state index is 0.134. The zero-order valence-corrected chi connectivity index (χ0v) is 17.9. The van der Waals surface area contributed by atoms with E-state index < -0.39 is 10.0 Å². The summed E-state index contributed by atoms with van der Waals surface area (Å²) >= 11 is 0. The predicted octanol–water partition coefficient (Wildman–Crippen LogP) is 1.56. The van der Waals surface area contributed by atoms with Crippen molar-refractivity contribution in [1.82, 2.24) is 4.83 Å². The predicted molar refractivity (Wildman–Crippen MR) is 114 cm³/mol. The van der Waals surface area contributed by atoms with Crippen molar-refractivity contribution >= 4 is 21.4 Å². The fourth-order valence-electron chi connectivity index (χ4n) is 3.37. The molecule has 156 valence electrons. The molecule has 0 radical (unpaired) electrons. The number of hydrogen-bond acceptors (Lipinski definition) is 4. The quantitative estimate of drug-likeness (QED) is 0.552. The summed E-state index contributed by atoms with van der Waals surface area (Å²) < 4.78 is 39.4. The Balaban J connectivity index is 1.71. The summed E-state index contributed by atoms with van der Waals surface area (Å²) in [5.41, 5.74) is 2.48. The second kappa shape index (κ2) is 8.92. The molecule has 29 heavy (non-hydrogen) atoms. The molecule has 1 aliphatic rings. The van der Waals surface area contributed by atoms with Crippen molar-refractivity contribution in [2.24, 2.45) is 5.10 Å². The third-order valence-corrected chi connectivity index (χ3v) is 6.57. The highest BCUT2D eigenvalue weighted by atomic mass is 32.2. The number of halogens is 1. The first-order valence-electron chi connectivity index (χ1n) is 9.81. The molecule has 0 saturated carbocycles. The second-order valence-corrected chi connectivity index (χ2v) is 9.02. The maximum Gasteiger partial charge on any atom is 0.276 e. The summed E-state index contributed by atoms with van der Waals surface area (Å²) in [6.45, 7) is 10.4. The number of rotatable bonds is 6. The van der Waals surface area contributed by atoms with Gasteiger partial charge in [-0.3, -0.25) is 0 Å². The number of hydrazone groups is 1. The molecule has 3 rings (SSSR count). The van der Waals surface area contributed by atoms with Crippen LogP contribution in [0.1, 0.15) is 25.0 Å². The molecule has 0 amide bonds. The van der Waals surface area contributed by atoms with E-state index in [1.54, 1.807) is 31.2 Å². The number of quaternary nitrogens is 1. The molecule has 8 heteroatoms. The average molecular weight is 420 g/mol. The van der Waals surface area contributed by atoms with Crippen LogP contribution in [-0.2, 0) is 10.0 Å². The smallest absolute Gasteiger partial charge is 0.276 e. The lowest BCUT2D eigenvalue weighted by Crippen LogP contribution is -3.14. The molecule has 6 nitrogen and oxygen atoms in total. The second-order valence-electron chi connectivity index (χ2n) is 7.36. The van der Waals surface area contributed by atoms with Crippen LogP contribution >= 0.6 is 0 Å². The number of nitrogens with one attached hydrogen (secondary N) is 2. The lowest BCUT2D eigenvalue weighted by Gasteiger charge is -2.33. The highest BCUT2D eigenvalue weighted by Crippen LogP contribution is 2.21. The van der Waals surface area contributed by atoms with Crippen LogP contribution in [-0.4, -0.2) is 46.9 Å². The summed E-state index contributed by atoms with van der Waals surface area (Å²) in [5, 5.41) is 3.96. The number of anilines is 1. The van der Waals surface area contributed by atoms with Crippen LogP contribution in [0.3, 0.4) is 0 Å². The van der Waals surface area contributed by atoms with Crippen LogP contribution in [0.4, 0.5) is 10.1 Å². The van der Waals surface area contributed by atoms with E-state index in [1.807, 2.05) is 6.92 Å². The van der Waals surface area contributed by atoms with Gasteiger partial charge >= 0.3 is 0 Å². The number of sulfonamides is 1. The molecule has 1 aliphatic heterocycles. The standard InChI is InChI=1S/C21H27FN4O2S/c1-4-25-11-13-26(14-12-25)21-10-7-18(15-20(21)22)17(3)23-24-29(27,28)19-8-5-16(2)6-9-19/h5-10,15,24H,4,11-14H2,1-3H3/p+1/b23-17-. The number of benzene rings is 2. The van der Waals surface area contributed by atoms with Gasteiger partial charge in [-0.2, -0.15) is 18.4 Å². The van der Waals surface area contributed by atoms with E-state index in [0.717, 1.165) is 38.3 Å². The fraction of sp³-hybridized carbons (Fsp3) is 0.381. The van der Waals surface area contributed by atoms with Crippen LogP contribution in [0.25, 0.3) is 0 Å². The van der Waals surface area contributed by atoms with Gasteiger partial charge in [0.15, 0.2) is 0 Å². The van der Waals surface area contributed by atoms with Crippen molar-refractivity contribution in [1.29, 1.82) is 0 Å². The number of likely N-dealkylation sites (N-methyl/N-ethyl adjacent to an activating group) is 1. The van der Waals surface area contributed by atoms with Gasteiger partial charge in [0.1, 0.15) is 5.82 Å². The van der Waals surface area contributed by atoms with E-state index in [-0.39, 0.29) is 10.7 Å². The Bertz CT molecular complexity index is 982. The van der Waals surface area contributed by atoms with Gasteiger partial charge < -0.3 is 9.80 Å². The third-order valence-electron chi connectivity index (χ3n) is 5.34. The molecule has 0 aliphatic carbocycles. The lowest BCUT2D eigenvalue weighted by atomic mass is 10.1. The Morgan fingerprint density at radius 2 is 1.83 bits per heavy atom. The first-order valence-corrected chi connectivity index (χ1v) is 11.3. The van der Waals surface area contributed by atoms with Gasteiger partial charge in [-0.05, 0) is 45.0 Å². The number of nitrogens with zero attached hydrogens (tertiary/aromatic N) is 2.